The van der Waals surface area contributed by atoms with Gasteiger partial charge in [-0.2, -0.15) is 0 Å². The Hall–Kier alpha value is -2.77. The van der Waals surface area contributed by atoms with E-state index in [4.69, 9.17) is 16.3 Å². The molecule has 3 rings (SSSR count). The quantitative estimate of drug-likeness (QED) is 0.739. The number of carbonyl (C=O) groups excluding carboxylic acids is 3. The molecule has 1 saturated heterocycles. The maximum absolute atomic E-state index is 12.0. The van der Waals surface area contributed by atoms with Crippen LogP contribution < -0.4 is 15.4 Å². The Morgan fingerprint density at radius 2 is 2.07 bits per heavy atom. The fraction of sp³-hybridized carbons (Fsp3) is 0.105. The summed E-state index contributed by atoms with van der Waals surface area (Å²) in [5.41, 5.74) is 2.37. The minimum Gasteiger partial charge on any atom is -0.482 e. The number of hydrogen-bond donors (Lipinski definition) is 2. The van der Waals surface area contributed by atoms with Crippen LogP contribution in [0.1, 0.15) is 11.1 Å². The van der Waals surface area contributed by atoms with Crippen molar-refractivity contribution in [1.82, 2.24) is 5.32 Å². The van der Waals surface area contributed by atoms with Gasteiger partial charge in [0, 0.05) is 5.69 Å². The molecule has 0 saturated carbocycles. The van der Waals surface area contributed by atoms with Crippen molar-refractivity contribution in [2.75, 3.05) is 11.9 Å². The van der Waals surface area contributed by atoms with E-state index in [0.29, 0.717) is 26.9 Å². The molecule has 0 unspecified atom stereocenters. The van der Waals surface area contributed by atoms with Crippen LogP contribution in [0.25, 0.3) is 6.08 Å². The number of ether oxygens (including phenoxy) is 1. The fourth-order valence-electron chi connectivity index (χ4n) is 2.36. The lowest BCUT2D eigenvalue weighted by atomic mass is 10.2. The summed E-state index contributed by atoms with van der Waals surface area (Å²) < 4.78 is 5.46. The van der Waals surface area contributed by atoms with E-state index in [0.717, 1.165) is 17.3 Å². The van der Waals surface area contributed by atoms with Crippen LogP contribution in [0.4, 0.5) is 10.5 Å². The van der Waals surface area contributed by atoms with E-state index in [1.54, 1.807) is 30.3 Å². The van der Waals surface area contributed by atoms with Gasteiger partial charge < -0.3 is 10.1 Å². The normalized spacial score (nSPS) is 15.0. The summed E-state index contributed by atoms with van der Waals surface area (Å²) in [6.45, 7) is 1.74. The lowest BCUT2D eigenvalue weighted by Gasteiger charge is -2.10. The molecule has 3 amide bonds. The first-order valence-electron chi connectivity index (χ1n) is 7.94. The van der Waals surface area contributed by atoms with E-state index in [-0.39, 0.29) is 12.5 Å². The third-order valence-electron chi connectivity index (χ3n) is 3.56. The van der Waals surface area contributed by atoms with Crippen LogP contribution in [-0.4, -0.2) is 23.7 Å². The molecule has 138 valence electrons. The second kappa shape index (κ2) is 8.28. The van der Waals surface area contributed by atoms with Crippen molar-refractivity contribution in [3.05, 3.63) is 63.5 Å². The summed E-state index contributed by atoms with van der Waals surface area (Å²) in [6.07, 6.45) is 1.56. The molecule has 2 aromatic rings. The van der Waals surface area contributed by atoms with Gasteiger partial charge in [-0.1, -0.05) is 29.8 Å². The monoisotopic (exact) mass is 402 g/mol. The predicted molar refractivity (Wildman–Crippen MR) is 106 cm³/mol. The van der Waals surface area contributed by atoms with Crippen LogP contribution in [0.2, 0.25) is 5.02 Å². The standard InChI is InChI=1S/C19H15ClN2O4S/c1-11-3-2-4-13(7-11)21-17(23)10-26-15-6-5-12(8-14(15)20)9-16-18(24)22-19(25)27-16/h2-9H,10H2,1H3,(H,21,23)(H,22,24,25)/b16-9-. The van der Waals surface area contributed by atoms with Gasteiger partial charge in [-0.3, -0.25) is 19.7 Å². The SMILES string of the molecule is Cc1cccc(NC(=O)COc2ccc(/C=C3\SC(=O)NC3=O)cc2Cl)c1. The van der Waals surface area contributed by atoms with Gasteiger partial charge in [-0.15, -0.1) is 0 Å². The molecule has 2 aromatic carbocycles. The minimum absolute atomic E-state index is 0.194. The number of carbonyl (C=O) groups is 3. The van der Waals surface area contributed by atoms with Crippen LogP contribution in [0.3, 0.4) is 0 Å². The number of rotatable bonds is 5. The number of aryl methyl sites for hydroxylation is 1. The predicted octanol–water partition coefficient (Wildman–Crippen LogP) is 3.99. The first-order valence-corrected chi connectivity index (χ1v) is 9.14. The third-order valence-corrected chi connectivity index (χ3v) is 4.66. The summed E-state index contributed by atoms with van der Waals surface area (Å²) >= 11 is 7.01. The molecule has 0 aromatic heterocycles. The van der Waals surface area contributed by atoms with Crippen LogP contribution in [0.15, 0.2) is 47.4 Å². The van der Waals surface area contributed by atoms with E-state index in [2.05, 4.69) is 10.6 Å². The number of anilines is 1. The van der Waals surface area contributed by atoms with Crippen molar-refractivity contribution in [2.45, 2.75) is 6.92 Å². The van der Waals surface area contributed by atoms with Gasteiger partial charge in [0.15, 0.2) is 6.61 Å². The summed E-state index contributed by atoms with van der Waals surface area (Å²) in [5, 5.41) is 4.82. The maximum atomic E-state index is 12.0. The van der Waals surface area contributed by atoms with Crippen molar-refractivity contribution in [1.29, 1.82) is 0 Å². The average molecular weight is 403 g/mol. The van der Waals surface area contributed by atoms with Gasteiger partial charge in [0.25, 0.3) is 17.1 Å². The molecule has 0 atom stereocenters. The Morgan fingerprint density at radius 3 is 2.74 bits per heavy atom. The molecule has 2 N–H and O–H groups in total. The topological polar surface area (TPSA) is 84.5 Å². The first kappa shape index (κ1) is 19.0. The highest BCUT2D eigenvalue weighted by molar-refractivity contribution is 8.18. The molecular formula is C19H15ClN2O4S. The maximum Gasteiger partial charge on any atom is 0.290 e. The van der Waals surface area contributed by atoms with Gasteiger partial charge in [-0.05, 0) is 60.2 Å². The molecule has 0 spiro atoms. The van der Waals surface area contributed by atoms with Crippen molar-refractivity contribution >= 4 is 52.2 Å². The summed E-state index contributed by atoms with van der Waals surface area (Å²) in [4.78, 5) is 35.0. The Kier molecular flexibility index (Phi) is 5.83. The van der Waals surface area contributed by atoms with Crippen LogP contribution in [-0.2, 0) is 9.59 Å². The van der Waals surface area contributed by atoms with Gasteiger partial charge in [0.1, 0.15) is 5.75 Å². The van der Waals surface area contributed by atoms with Crippen molar-refractivity contribution in [3.63, 3.8) is 0 Å². The van der Waals surface area contributed by atoms with Crippen molar-refractivity contribution < 1.29 is 19.1 Å². The molecule has 1 heterocycles. The molecule has 0 radical (unpaired) electrons. The van der Waals surface area contributed by atoms with E-state index < -0.39 is 11.1 Å². The Balaban J connectivity index is 1.61. The van der Waals surface area contributed by atoms with Gasteiger partial charge in [0.2, 0.25) is 0 Å². The Bertz CT molecular complexity index is 958. The smallest absolute Gasteiger partial charge is 0.290 e. The Morgan fingerprint density at radius 1 is 1.26 bits per heavy atom. The molecule has 0 aliphatic carbocycles. The molecule has 1 aliphatic heterocycles. The molecular weight excluding hydrogens is 388 g/mol. The molecule has 1 aliphatic rings. The fourth-order valence-corrected chi connectivity index (χ4v) is 3.29. The largest absolute Gasteiger partial charge is 0.482 e. The second-order valence-electron chi connectivity index (χ2n) is 5.75. The van der Waals surface area contributed by atoms with Gasteiger partial charge in [-0.25, -0.2) is 0 Å². The minimum atomic E-state index is -0.436. The van der Waals surface area contributed by atoms with Crippen LogP contribution in [0.5, 0.6) is 5.75 Å². The summed E-state index contributed by atoms with van der Waals surface area (Å²) in [7, 11) is 0. The van der Waals surface area contributed by atoms with Gasteiger partial charge >= 0.3 is 0 Å². The summed E-state index contributed by atoms with van der Waals surface area (Å²) in [5.74, 6) is -0.396. The van der Waals surface area contributed by atoms with E-state index >= 15 is 0 Å². The highest BCUT2D eigenvalue weighted by Crippen LogP contribution is 2.29. The van der Waals surface area contributed by atoms with Gasteiger partial charge in [0.05, 0.1) is 9.93 Å². The average Bonchev–Trinajstić information content (AvgIpc) is 2.91. The lowest BCUT2D eigenvalue weighted by Crippen LogP contribution is -2.20. The van der Waals surface area contributed by atoms with E-state index in [1.165, 1.54) is 0 Å². The second-order valence-corrected chi connectivity index (χ2v) is 7.17. The first-order chi connectivity index (χ1) is 12.9. The number of benzene rings is 2. The molecule has 6 nitrogen and oxygen atoms in total. The number of halogens is 1. The number of nitrogens with one attached hydrogen (secondary N) is 2. The van der Waals surface area contributed by atoms with Crippen molar-refractivity contribution in [3.8, 4) is 5.75 Å². The zero-order valence-electron chi connectivity index (χ0n) is 14.2. The molecule has 27 heavy (non-hydrogen) atoms. The van der Waals surface area contributed by atoms with Crippen LogP contribution in [0, 0.1) is 6.92 Å². The number of hydrogen-bond acceptors (Lipinski definition) is 5. The van der Waals surface area contributed by atoms with E-state index in [1.807, 2.05) is 25.1 Å². The Labute approximate surface area is 164 Å². The molecule has 0 bridgehead atoms. The van der Waals surface area contributed by atoms with E-state index in [9.17, 15) is 14.4 Å². The molecule has 1 fully saturated rings. The summed E-state index contributed by atoms with van der Waals surface area (Å²) in [6, 6.07) is 12.3. The molecule has 8 heteroatoms. The third kappa shape index (κ3) is 5.12. The zero-order chi connectivity index (χ0) is 19.4. The lowest BCUT2D eigenvalue weighted by molar-refractivity contribution is -0.118. The number of thioether (sulfide) groups is 1. The number of amides is 3. The highest BCUT2D eigenvalue weighted by atomic mass is 35.5. The van der Waals surface area contributed by atoms with Crippen molar-refractivity contribution in [2.24, 2.45) is 0 Å². The zero-order valence-corrected chi connectivity index (χ0v) is 15.8. The van der Waals surface area contributed by atoms with Crippen LogP contribution >= 0.6 is 23.4 Å². The number of imide groups is 1. The highest BCUT2D eigenvalue weighted by Gasteiger charge is 2.25.